The summed E-state index contributed by atoms with van der Waals surface area (Å²) in [5, 5.41) is 0. The predicted octanol–water partition coefficient (Wildman–Crippen LogP) is 2.68. The van der Waals surface area contributed by atoms with Crippen LogP contribution in [0.4, 0.5) is 0 Å². The molecule has 3 rings (SSSR count). The number of likely N-dealkylation sites (tertiary alicyclic amines) is 1. The lowest BCUT2D eigenvalue weighted by Gasteiger charge is -2.32. The van der Waals surface area contributed by atoms with Crippen LogP contribution >= 0.6 is 0 Å². The SMILES string of the molecule is CCO[C@@H]1CCCN(C(=O)c2ccc(-c3ccccc3)[nH]c2=O)C1. The third kappa shape index (κ3) is 3.57. The van der Waals surface area contributed by atoms with Crippen LogP contribution in [-0.2, 0) is 4.74 Å². The van der Waals surface area contributed by atoms with Gasteiger partial charge in [0.25, 0.3) is 11.5 Å². The number of hydrogen-bond acceptors (Lipinski definition) is 3. The van der Waals surface area contributed by atoms with E-state index in [2.05, 4.69) is 4.98 Å². The van der Waals surface area contributed by atoms with Crippen molar-refractivity contribution >= 4 is 5.91 Å². The quantitative estimate of drug-likeness (QED) is 0.939. The Balaban J connectivity index is 1.79. The molecule has 126 valence electrons. The number of pyridine rings is 1. The molecule has 2 aromatic rings. The molecule has 0 aliphatic carbocycles. The number of aromatic amines is 1. The molecule has 1 aliphatic heterocycles. The number of nitrogens with one attached hydrogen (secondary N) is 1. The number of piperidine rings is 1. The topological polar surface area (TPSA) is 62.4 Å². The lowest BCUT2D eigenvalue weighted by molar-refractivity contribution is 0.00718. The Morgan fingerprint density at radius 1 is 1.25 bits per heavy atom. The van der Waals surface area contributed by atoms with Gasteiger partial charge in [0.1, 0.15) is 5.56 Å². The average Bonchev–Trinajstić information content (AvgIpc) is 2.62. The number of rotatable bonds is 4. The monoisotopic (exact) mass is 326 g/mol. The van der Waals surface area contributed by atoms with E-state index in [1.54, 1.807) is 17.0 Å². The maximum absolute atomic E-state index is 12.7. The first-order valence-corrected chi connectivity index (χ1v) is 8.38. The molecule has 1 fully saturated rings. The Bertz CT molecular complexity index is 753. The largest absolute Gasteiger partial charge is 0.377 e. The average molecular weight is 326 g/mol. The smallest absolute Gasteiger partial charge is 0.261 e. The lowest BCUT2D eigenvalue weighted by Crippen LogP contribution is -2.44. The van der Waals surface area contributed by atoms with Gasteiger partial charge in [0.05, 0.1) is 6.10 Å². The number of H-pyrrole nitrogens is 1. The highest BCUT2D eigenvalue weighted by molar-refractivity contribution is 5.94. The van der Waals surface area contributed by atoms with Gasteiger partial charge in [-0.05, 0) is 37.5 Å². The summed E-state index contributed by atoms with van der Waals surface area (Å²) in [4.78, 5) is 29.6. The fraction of sp³-hybridized carbons (Fsp3) is 0.368. The van der Waals surface area contributed by atoms with Crippen molar-refractivity contribution in [3.05, 3.63) is 58.4 Å². The summed E-state index contributed by atoms with van der Waals surface area (Å²) in [6.07, 6.45) is 1.92. The highest BCUT2D eigenvalue weighted by Gasteiger charge is 2.26. The molecular weight excluding hydrogens is 304 g/mol. The number of nitrogens with zero attached hydrogens (tertiary/aromatic N) is 1. The van der Waals surface area contributed by atoms with Crippen LogP contribution in [0.1, 0.15) is 30.1 Å². The second-order valence-corrected chi connectivity index (χ2v) is 5.95. The van der Waals surface area contributed by atoms with E-state index in [0.717, 1.165) is 18.4 Å². The first-order valence-electron chi connectivity index (χ1n) is 8.38. The van der Waals surface area contributed by atoms with Crippen molar-refractivity contribution in [3.8, 4) is 11.3 Å². The van der Waals surface area contributed by atoms with Crippen molar-refractivity contribution in [2.45, 2.75) is 25.9 Å². The van der Waals surface area contributed by atoms with E-state index in [0.29, 0.717) is 25.4 Å². The molecule has 0 unspecified atom stereocenters. The molecule has 0 saturated carbocycles. The van der Waals surface area contributed by atoms with E-state index in [1.807, 2.05) is 37.3 Å². The molecule has 1 amide bonds. The number of carbonyl (C=O) groups is 1. The predicted molar refractivity (Wildman–Crippen MR) is 93.1 cm³/mol. The van der Waals surface area contributed by atoms with Crippen LogP contribution in [-0.4, -0.2) is 41.6 Å². The van der Waals surface area contributed by atoms with Crippen molar-refractivity contribution in [2.24, 2.45) is 0 Å². The molecule has 1 saturated heterocycles. The first-order chi connectivity index (χ1) is 11.7. The van der Waals surface area contributed by atoms with Crippen LogP contribution in [0.3, 0.4) is 0 Å². The van der Waals surface area contributed by atoms with Crippen LogP contribution < -0.4 is 5.56 Å². The molecular formula is C19H22N2O3. The molecule has 5 nitrogen and oxygen atoms in total. The van der Waals surface area contributed by atoms with Gasteiger partial charge in [0.2, 0.25) is 0 Å². The summed E-state index contributed by atoms with van der Waals surface area (Å²) in [5.41, 5.74) is 1.47. The van der Waals surface area contributed by atoms with E-state index in [9.17, 15) is 9.59 Å². The molecule has 1 N–H and O–H groups in total. The number of hydrogen-bond donors (Lipinski definition) is 1. The van der Waals surface area contributed by atoms with Gasteiger partial charge in [-0.15, -0.1) is 0 Å². The van der Waals surface area contributed by atoms with E-state index in [-0.39, 0.29) is 23.1 Å². The number of ether oxygens (including phenoxy) is 1. The fourth-order valence-electron chi connectivity index (χ4n) is 3.09. The van der Waals surface area contributed by atoms with Gasteiger partial charge >= 0.3 is 0 Å². The summed E-state index contributed by atoms with van der Waals surface area (Å²) in [6.45, 7) is 3.81. The maximum Gasteiger partial charge on any atom is 0.261 e. The Morgan fingerprint density at radius 2 is 2.04 bits per heavy atom. The zero-order chi connectivity index (χ0) is 16.9. The van der Waals surface area contributed by atoms with Crippen molar-refractivity contribution in [3.63, 3.8) is 0 Å². The number of benzene rings is 1. The van der Waals surface area contributed by atoms with Crippen molar-refractivity contribution in [1.29, 1.82) is 0 Å². The van der Waals surface area contributed by atoms with Gasteiger partial charge in [-0.25, -0.2) is 0 Å². The zero-order valence-electron chi connectivity index (χ0n) is 13.8. The Kier molecular flexibility index (Phi) is 5.11. The van der Waals surface area contributed by atoms with E-state index < -0.39 is 0 Å². The number of carbonyl (C=O) groups excluding carboxylic acids is 1. The minimum Gasteiger partial charge on any atom is -0.377 e. The Morgan fingerprint density at radius 3 is 2.75 bits per heavy atom. The molecule has 2 heterocycles. The van der Waals surface area contributed by atoms with E-state index in [1.165, 1.54) is 0 Å². The second kappa shape index (κ2) is 7.45. The van der Waals surface area contributed by atoms with Crippen molar-refractivity contribution in [1.82, 2.24) is 9.88 Å². The van der Waals surface area contributed by atoms with Gasteiger partial charge in [-0.2, -0.15) is 0 Å². The molecule has 1 aliphatic rings. The van der Waals surface area contributed by atoms with Crippen LogP contribution in [0.5, 0.6) is 0 Å². The normalized spacial score (nSPS) is 17.7. The number of amides is 1. The maximum atomic E-state index is 12.7. The molecule has 1 aromatic heterocycles. The molecule has 0 radical (unpaired) electrons. The van der Waals surface area contributed by atoms with Crippen molar-refractivity contribution in [2.75, 3.05) is 19.7 Å². The van der Waals surface area contributed by atoms with Gasteiger partial charge in [-0.1, -0.05) is 30.3 Å². The third-order valence-electron chi connectivity index (χ3n) is 4.29. The molecule has 5 heteroatoms. The summed E-state index contributed by atoms with van der Waals surface area (Å²) < 4.78 is 5.63. The summed E-state index contributed by atoms with van der Waals surface area (Å²) in [6, 6.07) is 13.0. The molecule has 1 aromatic carbocycles. The third-order valence-corrected chi connectivity index (χ3v) is 4.29. The highest BCUT2D eigenvalue weighted by atomic mass is 16.5. The fourth-order valence-corrected chi connectivity index (χ4v) is 3.09. The summed E-state index contributed by atoms with van der Waals surface area (Å²) >= 11 is 0. The van der Waals surface area contributed by atoms with Gasteiger partial charge < -0.3 is 14.6 Å². The molecule has 0 bridgehead atoms. The molecule has 0 spiro atoms. The zero-order valence-corrected chi connectivity index (χ0v) is 13.8. The highest BCUT2D eigenvalue weighted by Crippen LogP contribution is 2.17. The lowest BCUT2D eigenvalue weighted by atomic mass is 10.1. The van der Waals surface area contributed by atoms with Gasteiger partial charge in [-0.3, -0.25) is 9.59 Å². The minimum absolute atomic E-state index is 0.0652. The summed E-state index contributed by atoms with van der Waals surface area (Å²) in [5.74, 6) is -0.222. The molecule has 24 heavy (non-hydrogen) atoms. The van der Waals surface area contributed by atoms with Crippen molar-refractivity contribution < 1.29 is 9.53 Å². The van der Waals surface area contributed by atoms with Gasteiger partial charge in [0, 0.05) is 25.4 Å². The van der Waals surface area contributed by atoms with E-state index in [4.69, 9.17) is 4.74 Å². The van der Waals surface area contributed by atoms with E-state index >= 15 is 0 Å². The Labute approximate surface area is 141 Å². The summed E-state index contributed by atoms with van der Waals surface area (Å²) in [7, 11) is 0. The van der Waals surface area contributed by atoms with Crippen LogP contribution in [0.25, 0.3) is 11.3 Å². The molecule has 1 atom stereocenters. The minimum atomic E-state index is -0.347. The Hall–Kier alpha value is -2.40. The van der Waals surface area contributed by atoms with Crippen LogP contribution in [0.2, 0.25) is 0 Å². The first kappa shape index (κ1) is 16.5. The standard InChI is InChI=1S/C19H22N2O3/c1-2-24-15-9-6-12-21(13-15)19(23)16-10-11-17(20-18(16)22)14-7-4-3-5-8-14/h3-5,7-8,10-11,15H,2,6,9,12-13H2,1H3,(H,20,22)/t15-/m1/s1. The van der Waals surface area contributed by atoms with Crippen LogP contribution in [0.15, 0.2) is 47.3 Å². The van der Waals surface area contributed by atoms with Crippen LogP contribution in [0, 0.1) is 0 Å². The number of aromatic nitrogens is 1. The van der Waals surface area contributed by atoms with Gasteiger partial charge in [0.15, 0.2) is 0 Å². The second-order valence-electron chi connectivity index (χ2n) is 5.95.